The molecule has 2 heterocycles. The standard InChI is InChI=1S/C12H18N2O/c1-12(2)7-11(15)9-14(12)8-10-3-5-13-6-4-10/h3-6,11,15H,7-9H2,1-2H3. The lowest BCUT2D eigenvalue weighted by Crippen LogP contribution is -2.37. The van der Waals surface area contributed by atoms with E-state index in [0.717, 1.165) is 19.5 Å². The number of aliphatic hydroxyl groups excluding tert-OH is 1. The molecule has 0 aromatic carbocycles. The van der Waals surface area contributed by atoms with Crippen LogP contribution < -0.4 is 0 Å². The Labute approximate surface area is 90.8 Å². The second-order valence-electron chi connectivity index (χ2n) is 4.91. The Morgan fingerprint density at radius 1 is 1.47 bits per heavy atom. The molecule has 3 nitrogen and oxygen atoms in total. The van der Waals surface area contributed by atoms with Crippen molar-refractivity contribution in [2.75, 3.05) is 6.54 Å². The first-order valence-corrected chi connectivity index (χ1v) is 5.40. The van der Waals surface area contributed by atoms with Crippen LogP contribution in [0.4, 0.5) is 0 Å². The van der Waals surface area contributed by atoms with Gasteiger partial charge in [0.2, 0.25) is 0 Å². The number of aliphatic hydroxyl groups is 1. The lowest BCUT2D eigenvalue weighted by molar-refractivity contribution is 0.156. The van der Waals surface area contributed by atoms with Crippen LogP contribution >= 0.6 is 0 Å². The predicted molar refractivity (Wildman–Crippen MR) is 59.3 cm³/mol. The zero-order valence-corrected chi connectivity index (χ0v) is 9.35. The van der Waals surface area contributed by atoms with Crippen LogP contribution in [0, 0.1) is 0 Å². The maximum Gasteiger partial charge on any atom is 0.0684 e. The third kappa shape index (κ3) is 2.36. The summed E-state index contributed by atoms with van der Waals surface area (Å²) in [5.74, 6) is 0. The fraction of sp³-hybridized carbons (Fsp3) is 0.583. The van der Waals surface area contributed by atoms with E-state index in [1.54, 1.807) is 0 Å². The van der Waals surface area contributed by atoms with Crippen LogP contribution in [0.5, 0.6) is 0 Å². The van der Waals surface area contributed by atoms with Crippen molar-refractivity contribution in [1.29, 1.82) is 0 Å². The quantitative estimate of drug-likeness (QED) is 0.795. The van der Waals surface area contributed by atoms with Gasteiger partial charge in [-0.2, -0.15) is 0 Å². The van der Waals surface area contributed by atoms with Gasteiger partial charge >= 0.3 is 0 Å². The molecule has 1 aliphatic heterocycles. The molecule has 1 aromatic rings. The molecule has 0 saturated carbocycles. The molecule has 0 bridgehead atoms. The fourth-order valence-electron chi connectivity index (χ4n) is 2.26. The Kier molecular flexibility index (Phi) is 2.76. The van der Waals surface area contributed by atoms with E-state index in [2.05, 4.69) is 23.7 Å². The van der Waals surface area contributed by atoms with Crippen LogP contribution in [0.3, 0.4) is 0 Å². The molecule has 1 fully saturated rings. The lowest BCUT2D eigenvalue weighted by Gasteiger charge is -2.31. The molecule has 0 aliphatic carbocycles. The molecule has 82 valence electrons. The molecular weight excluding hydrogens is 188 g/mol. The summed E-state index contributed by atoms with van der Waals surface area (Å²) < 4.78 is 0. The molecule has 1 atom stereocenters. The number of likely N-dealkylation sites (tertiary alicyclic amines) is 1. The van der Waals surface area contributed by atoms with E-state index in [-0.39, 0.29) is 11.6 Å². The molecule has 0 amide bonds. The molecule has 2 rings (SSSR count). The molecule has 3 heteroatoms. The Hall–Kier alpha value is -0.930. The maximum absolute atomic E-state index is 9.66. The first-order chi connectivity index (χ1) is 7.08. The number of hydrogen-bond acceptors (Lipinski definition) is 3. The van der Waals surface area contributed by atoms with Gasteiger partial charge in [-0.15, -0.1) is 0 Å². The van der Waals surface area contributed by atoms with Crippen molar-refractivity contribution in [3.8, 4) is 0 Å². The number of β-amino-alcohol motifs (C(OH)–C–C–N with tert-alkyl or cyclic N) is 1. The Morgan fingerprint density at radius 2 is 2.13 bits per heavy atom. The van der Waals surface area contributed by atoms with E-state index in [0.29, 0.717) is 0 Å². The van der Waals surface area contributed by atoms with Crippen molar-refractivity contribution in [3.05, 3.63) is 30.1 Å². The van der Waals surface area contributed by atoms with Crippen LogP contribution in [-0.4, -0.2) is 33.2 Å². The highest BCUT2D eigenvalue weighted by Crippen LogP contribution is 2.29. The molecule has 0 radical (unpaired) electrons. The normalized spacial score (nSPS) is 25.7. The van der Waals surface area contributed by atoms with Crippen molar-refractivity contribution in [2.24, 2.45) is 0 Å². The van der Waals surface area contributed by atoms with Crippen molar-refractivity contribution in [2.45, 2.75) is 38.5 Å². The summed E-state index contributed by atoms with van der Waals surface area (Å²) in [6, 6.07) is 4.06. The number of aromatic nitrogens is 1. The fourth-order valence-corrected chi connectivity index (χ4v) is 2.26. The summed E-state index contributed by atoms with van der Waals surface area (Å²) in [7, 11) is 0. The first kappa shape index (κ1) is 10.6. The summed E-state index contributed by atoms with van der Waals surface area (Å²) in [5.41, 5.74) is 1.36. The Balaban J connectivity index is 2.07. The van der Waals surface area contributed by atoms with Gasteiger partial charge in [0.25, 0.3) is 0 Å². The molecule has 15 heavy (non-hydrogen) atoms. The second kappa shape index (κ2) is 3.91. The van der Waals surface area contributed by atoms with Crippen molar-refractivity contribution in [3.63, 3.8) is 0 Å². The molecular formula is C12H18N2O. The molecule has 0 spiro atoms. The van der Waals surface area contributed by atoms with Gasteiger partial charge in [-0.1, -0.05) is 0 Å². The first-order valence-electron chi connectivity index (χ1n) is 5.40. The van der Waals surface area contributed by atoms with E-state index in [1.165, 1.54) is 5.56 Å². The van der Waals surface area contributed by atoms with E-state index in [4.69, 9.17) is 0 Å². The molecule has 1 N–H and O–H groups in total. The van der Waals surface area contributed by atoms with Gasteiger partial charge in [0.15, 0.2) is 0 Å². The summed E-state index contributed by atoms with van der Waals surface area (Å²) in [4.78, 5) is 6.33. The Morgan fingerprint density at radius 3 is 2.67 bits per heavy atom. The zero-order valence-electron chi connectivity index (χ0n) is 9.35. The average molecular weight is 206 g/mol. The van der Waals surface area contributed by atoms with Crippen LogP contribution in [0.1, 0.15) is 25.8 Å². The SMILES string of the molecule is CC1(C)CC(O)CN1Cc1ccncc1. The topological polar surface area (TPSA) is 36.4 Å². The molecule has 1 saturated heterocycles. The predicted octanol–water partition coefficient (Wildman–Crippen LogP) is 1.43. The van der Waals surface area contributed by atoms with Gasteiger partial charge < -0.3 is 5.11 Å². The largest absolute Gasteiger partial charge is 0.392 e. The van der Waals surface area contributed by atoms with Gasteiger partial charge in [-0.05, 0) is 38.0 Å². The number of rotatable bonds is 2. The number of hydrogen-bond donors (Lipinski definition) is 1. The molecule has 1 aliphatic rings. The monoisotopic (exact) mass is 206 g/mol. The summed E-state index contributed by atoms with van der Waals surface area (Å²) in [5, 5.41) is 9.66. The van der Waals surface area contributed by atoms with Crippen LogP contribution in [0.15, 0.2) is 24.5 Å². The maximum atomic E-state index is 9.66. The van der Waals surface area contributed by atoms with E-state index in [9.17, 15) is 5.11 Å². The highest BCUT2D eigenvalue weighted by atomic mass is 16.3. The van der Waals surface area contributed by atoms with Crippen molar-refractivity contribution < 1.29 is 5.11 Å². The van der Waals surface area contributed by atoms with Crippen LogP contribution in [0.2, 0.25) is 0 Å². The van der Waals surface area contributed by atoms with E-state index >= 15 is 0 Å². The van der Waals surface area contributed by atoms with Gasteiger partial charge in [-0.3, -0.25) is 9.88 Å². The minimum atomic E-state index is -0.179. The third-order valence-electron chi connectivity index (χ3n) is 3.15. The van der Waals surface area contributed by atoms with Crippen molar-refractivity contribution in [1.82, 2.24) is 9.88 Å². The summed E-state index contributed by atoms with van der Waals surface area (Å²) in [6.07, 6.45) is 4.31. The molecule has 1 unspecified atom stereocenters. The van der Waals surface area contributed by atoms with Gasteiger partial charge in [-0.25, -0.2) is 0 Å². The summed E-state index contributed by atoms with van der Waals surface area (Å²) in [6.45, 7) is 6.04. The van der Waals surface area contributed by atoms with Gasteiger partial charge in [0, 0.05) is 31.0 Å². The average Bonchev–Trinajstić information content (AvgIpc) is 2.41. The minimum absolute atomic E-state index is 0.0999. The number of pyridine rings is 1. The lowest BCUT2D eigenvalue weighted by atomic mass is 10.0. The van der Waals surface area contributed by atoms with Crippen molar-refractivity contribution >= 4 is 0 Å². The third-order valence-corrected chi connectivity index (χ3v) is 3.15. The number of nitrogens with zero attached hydrogens (tertiary/aromatic N) is 2. The summed E-state index contributed by atoms with van der Waals surface area (Å²) >= 11 is 0. The van der Waals surface area contributed by atoms with E-state index < -0.39 is 0 Å². The minimum Gasteiger partial charge on any atom is -0.392 e. The second-order valence-corrected chi connectivity index (χ2v) is 4.91. The molecule has 1 aromatic heterocycles. The van der Waals surface area contributed by atoms with E-state index in [1.807, 2.05) is 24.5 Å². The smallest absolute Gasteiger partial charge is 0.0684 e. The zero-order chi connectivity index (χ0) is 10.9. The Bertz CT molecular complexity index is 324. The highest BCUT2D eigenvalue weighted by molar-refractivity contribution is 5.11. The van der Waals surface area contributed by atoms with Gasteiger partial charge in [0.1, 0.15) is 0 Å². The van der Waals surface area contributed by atoms with Crippen LogP contribution in [-0.2, 0) is 6.54 Å². The van der Waals surface area contributed by atoms with Crippen LogP contribution in [0.25, 0.3) is 0 Å². The highest BCUT2D eigenvalue weighted by Gasteiger charge is 2.37. The van der Waals surface area contributed by atoms with Gasteiger partial charge in [0.05, 0.1) is 6.10 Å².